The Morgan fingerprint density at radius 2 is 2.06 bits per heavy atom. The van der Waals surface area contributed by atoms with Crippen molar-refractivity contribution in [3.63, 3.8) is 0 Å². The minimum Gasteiger partial charge on any atom is -0.356 e. The number of carbonyl (C=O) groups excluding carboxylic acids is 1. The van der Waals surface area contributed by atoms with Gasteiger partial charge in [-0.25, -0.2) is 0 Å². The van der Waals surface area contributed by atoms with Gasteiger partial charge in [0.2, 0.25) is 5.91 Å². The van der Waals surface area contributed by atoms with E-state index in [1.54, 1.807) is 0 Å². The molecule has 2 atom stereocenters. The van der Waals surface area contributed by atoms with Crippen molar-refractivity contribution in [3.8, 4) is 0 Å². The summed E-state index contributed by atoms with van der Waals surface area (Å²) >= 11 is 0. The maximum absolute atomic E-state index is 11.5. The minimum atomic E-state index is 0.251. The first kappa shape index (κ1) is 11.2. The lowest BCUT2D eigenvalue weighted by atomic mass is 10.1. The van der Waals surface area contributed by atoms with Gasteiger partial charge in [-0.3, -0.25) is 4.79 Å². The summed E-state index contributed by atoms with van der Waals surface area (Å²) in [6, 6.07) is 10.4. The van der Waals surface area contributed by atoms with Gasteiger partial charge in [0.15, 0.2) is 0 Å². The molecule has 1 fully saturated rings. The maximum Gasteiger partial charge on any atom is 0.223 e. The summed E-state index contributed by atoms with van der Waals surface area (Å²) in [5.41, 5.74) is 1.34. The van der Waals surface area contributed by atoms with Crippen molar-refractivity contribution in [1.29, 1.82) is 0 Å². The van der Waals surface area contributed by atoms with E-state index in [1.807, 2.05) is 6.07 Å². The van der Waals surface area contributed by atoms with Crippen molar-refractivity contribution >= 4 is 5.91 Å². The smallest absolute Gasteiger partial charge is 0.223 e. The van der Waals surface area contributed by atoms with Crippen molar-refractivity contribution in [2.45, 2.75) is 26.2 Å². The van der Waals surface area contributed by atoms with Gasteiger partial charge in [-0.15, -0.1) is 0 Å². The molecule has 2 heteroatoms. The summed E-state index contributed by atoms with van der Waals surface area (Å²) < 4.78 is 0. The zero-order chi connectivity index (χ0) is 11.4. The molecule has 0 aliphatic heterocycles. The molecule has 0 bridgehead atoms. The second-order valence-corrected chi connectivity index (χ2v) is 4.70. The zero-order valence-electron chi connectivity index (χ0n) is 9.78. The highest BCUT2D eigenvalue weighted by molar-refractivity contribution is 5.81. The van der Waals surface area contributed by atoms with Crippen LogP contribution in [0.2, 0.25) is 0 Å². The average Bonchev–Trinajstić information content (AvgIpc) is 3.03. The molecule has 1 N–H and O–H groups in total. The Kier molecular flexibility index (Phi) is 3.60. The van der Waals surface area contributed by atoms with Crippen molar-refractivity contribution in [3.05, 3.63) is 35.9 Å². The van der Waals surface area contributed by atoms with Crippen LogP contribution in [0.3, 0.4) is 0 Å². The number of aryl methyl sites for hydroxylation is 1. The molecule has 1 aromatic rings. The van der Waals surface area contributed by atoms with Crippen LogP contribution in [0.5, 0.6) is 0 Å². The zero-order valence-corrected chi connectivity index (χ0v) is 9.78. The molecule has 0 aromatic heterocycles. The van der Waals surface area contributed by atoms with Crippen LogP contribution >= 0.6 is 0 Å². The van der Waals surface area contributed by atoms with E-state index in [2.05, 4.69) is 36.5 Å². The number of amides is 1. The third kappa shape index (κ3) is 3.09. The Bertz CT molecular complexity index is 347. The Labute approximate surface area is 97.1 Å². The van der Waals surface area contributed by atoms with Crippen LogP contribution in [0, 0.1) is 11.8 Å². The fraction of sp³-hybridized carbons (Fsp3) is 0.500. The van der Waals surface area contributed by atoms with Crippen LogP contribution in [-0.4, -0.2) is 12.5 Å². The van der Waals surface area contributed by atoms with E-state index in [9.17, 15) is 4.79 Å². The number of hydrogen-bond donors (Lipinski definition) is 1. The highest BCUT2D eigenvalue weighted by Gasteiger charge is 2.38. The summed E-state index contributed by atoms with van der Waals surface area (Å²) in [6.45, 7) is 2.94. The number of benzene rings is 1. The second-order valence-electron chi connectivity index (χ2n) is 4.70. The Balaban J connectivity index is 1.60. The van der Waals surface area contributed by atoms with Gasteiger partial charge in [-0.2, -0.15) is 0 Å². The van der Waals surface area contributed by atoms with E-state index in [4.69, 9.17) is 0 Å². The predicted octanol–water partition coefficient (Wildman–Crippen LogP) is 2.39. The molecule has 16 heavy (non-hydrogen) atoms. The Hall–Kier alpha value is -1.31. The standard InChI is InChI=1S/C14H19NO/c1-11-10-13(11)14(16)15-9-5-8-12-6-3-2-4-7-12/h2-4,6-7,11,13H,5,8-10H2,1H3,(H,15,16)/t11-,13+/m1/s1. The summed E-state index contributed by atoms with van der Waals surface area (Å²) in [6.07, 6.45) is 3.14. The largest absolute Gasteiger partial charge is 0.356 e. The molecule has 1 aliphatic rings. The molecular weight excluding hydrogens is 198 g/mol. The van der Waals surface area contributed by atoms with E-state index in [0.717, 1.165) is 25.8 Å². The number of rotatable bonds is 5. The lowest BCUT2D eigenvalue weighted by molar-refractivity contribution is -0.122. The van der Waals surface area contributed by atoms with Gasteiger partial charge >= 0.3 is 0 Å². The van der Waals surface area contributed by atoms with E-state index in [-0.39, 0.29) is 5.91 Å². The molecule has 0 radical (unpaired) electrons. The third-order valence-corrected chi connectivity index (χ3v) is 3.23. The quantitative estimate of drug-likeness (QED) is 0.754. The van der Waals surface area contributed by atoms with Crippen molar-refractivity contribution in [2.75, 3.05) is 6.54 Å². The molecule has 2 rings (SSSR count). The van der Waals surface area contributed by atoms with Crippen molar-refractivity contribution in [2.24, 2.45) is 11.8 Å². The number of carbonyl (C=O) groups is 1. The van der Waals surface area contributed by atoms with Crippen molar-refractivity contribution in [1.82, 2.24) is 5.32 Å². The molecule has 1 aliphatic carbocycles. The Morgan fingerprint density at radius 3 is 2.69 bits per heavy atom. The summed E-state index contributed by atoms with van der Waals surface area (Å²) in [5.74, 6) is 1.16. The fourth-order valence-electron chi connectivity index (χ4n) is 1.97. The molecule has 86 valence electrons. The van der Waals surface area contributed by atoms with Gasteiger partial charge in [-0.1, -0.05) is 37.3 Å². The SMILES string of the molecule is C[C@@H]1C[C@@H]1C(=O)NCCCc1ccccc1. The molecule has 0 heterocycles. The van der Waals surface area contributed by atoms with Gasteiger partial charge < -0.3 is 5.32 Å². The topological polar surface area (TPSA) is 29.1 Å². The Morgan fingerprint density at radius 1 is 1.38 bits per heavy atom. The van der Waals surface area contributed by atoms with Crippen LogP contribution in [0.4, 0.5) is 0 Å². The highest BCUT2D eigenvalue weighted by atomic mass is 16.2. The highest BCUT2D eigenvalue weighted by Crippen LogP contribution is 2.37. The molecule has 1 aromatic carbocycles. The average molecular weight is 217 g/mol. The minimum absolute atomic E-state index is 0.251. The molecule has 1 saturated carbocycles. The van der Waals surface area contributed by atoms with E-state index < -0.39 is 0 Å². The summed E-state index contributed by atoms with van der Waals surface area (Å²) in [5, 5.41) is 3.01. The van der Waals surface area contributed by atoms with E-state index >= 15 is 0 Å². The molecule has 0 unspecified atom stereocenters. The lowest BCUT2D eigenvalue weighted by Crippen LogP contribution is -2.26. The fourth-order valence-corrected chi connectivity index (χ4v) is 1.97. The first-order valence-electron chi connectivity index (χ1n) is 6.09. The van der Waals surface area contributed by atoms with Crippen LogP contribution in [0.25, 0.3) is 0 Å². The lowest BCUT2D eigenvalue weighted by Gasteiger charge is -2.04. The predicted molar refractivity (Wildman–Crippen MR) is 65.0 cm³/mol. The van der Waals surface area contributed by atoms with E-state index in [0.29, 0.717) is 11.8 Å². The monoisotopic (exact) mass is 217 g/mol. The van der Waals surface area contributed by atoms with Gasteiger partial charge in [0, 0.05) is 12.5 Å². The van der Waals surface area contributed by atoms with Crippen LogP contribution in [0.1, 0.15) is 25.3 Å². The number of nitrogens with one attached hydrogen (secondary N) is 1. The van der Waals surface area contributed by atoms with Gasteiger partial charge in [0.1, 0.15) is 0 Å². The van der Waals surface area contributed by atoms with Crippen LogP contribution < -0.4 is 5.32 Å². The van der Waals surface area contributed by atoms with Crippen LogP contribution in [-0.2, 0) is 11.2 Å². The normalized spacial score (nSPS) is 22.8. The molecule has 1 amide bonds. The van der Waals surface area contributed by atoms with Gasteiger partial charge in [0.05, 0.1) is 0 Å². The summed E-state index contributed by atoms with van der Waals surface area (Å²) in [7, 11) is 0. The molecular formula is C14H19NO. The van der Waals surface area contributed by atoms with Crippen molar-refractivity contribution < 1.29 is 4.79 Å². The third-order valence-electron chi connectivity index (χ3n) is 3.23. The van der Waals surface area contributed by atoms with Gasteiger partial charge in [0.25, 0.3) is 0 Å². The maximum atomic E-state index is 11.5. The summed E-state index contributed by atoms with van der Waals surface area (Å²) in [4.78, 5) is 11.5. The first-order chi connectivity index (χ1) is 7.77. The first-order valence-corrected chi connectivity index (χ1v) is 6.09. The molecule has 0 spiro atoms. The van der Waals surface area contributed by atoms with E-state index in [1.165, 1.54) is 5.56 Å². The van der Waals surface area contributed by atoms with Gasteiger partial charge in [-0.05, 0) is 30.7 Å². The molecule has 0 saturated heterocycles. The molecule has 2 nitrogen and oxygen atoms in total. The second kappa shape index (κ2) is 5.15. The number of hydrogen-bond acceptors (Lipinski definition) is 1. The van der Waals surface area contributed by atoms with Crippen LogP contribution in [0.15, 0.2) is 30.3 Å².